The lowest BCUT2D eigenvalue weighted by Gasteiger charge is -2.25. The molecule has 0 unspecified atom stereocenters. The fourth-order valence-electron chi connectivity index (χ4n) is 1.87. The molecule has 0 atom stereocenters. The normalized spacial score (nSPS) is 16.4. The predicted molar refractivity (Wildman–Crippen MR) is 66.3 cm³/mol. The number of hydrogen-bond acceptors (Lipinski definition) is 4. The quantitative estimate of drug-likeness (QED) is 0.772. The Kier molecular flexibility index (Phi) is 2.78. The predicted octanol–water partition coefficient (Wildman–Crippen LogP) is 1.77. The van der Waals surface area contributed by atoms with Gasteiger partial charge in [-0.25, -0.2) is 4.98 Å². The van der Waals surface area contributed by atoms with E-state index in [0.717, 1.165) is 10.2 Å². The first-order valence-corrected chi connectivity index (χ1v) is 6.39. The highest BCUT2D eigenvalue weighted by atomic mass is 32.1. The van der Waals surface area contributed by atoms with Crippen molar-refractivity contribution in [1.29, 1.82) is 0 Å². The van der Waals surface area contributed by atoms with Crippen molar-refractivity contribution in [3.63, 3.8) is 0 Å². The highest BCUT2D eigenvalue weighted by molar-refractivity contribution is 7.20. The van der Waals surface area contributed by atoms with Crippen LogP contribution >= 0.6 is 11.3 Å². The maximum absolute atomic E-state index is 12.2. The van der Waals surface area contributed by atoms with Gasteiger partial charge in [0.25, 0.3) is 5.91 Å². The summed E-state index contributed by atoms with van der Waals surface area (Å²) in [5, 5.41) is 0.577. The van der Waals surface area contributed by atoms with E-state index in [1.807, 2.05) is 24.3 Å². The minimum absolute atomic E-state index is 0.0227. The molecule has 2 aromatic rings. The number of carbonyl (C=O) groups is 1. The van der Waals surface area contributed by atoms with Gasteiger partial charge in [-0.1, -0.05) is 12.1 Å². The molecule has 1 aliphatic heterocycles. The Hall–Kier alpha value is -1.46. The molecule has 1 aliphatic rings. The molecule has 1 saturated heterocycles. The Balaban J connectivity index is 1.89. The van der Waals surface area contributed by atoms with Crippen molar-refractivity contribution in [1.82, 2.24) is 9.88 Å². The summed E-state index contributed by atoms with van der Waals surface area (Å²) in [5.41, 5.74) is 0.897. The number of thiazole rings is 1. The second-order valence-electron chi connectivity index (χ2n) is 3.89. The molecule has 0 N–H and O–H groups in total. The Morgan fingerprint density at radius 2 is 2.06 bits per heavy atom. The lowest BCUT2D eigenvalue weighted by molar-refractivity contribution is 0.0303. The number of aromatic nitrogens is 1. The van der Waals surface area contributed by atoms with Gasteiger partial charge in [0, 0.05) is 13.1 Å². The van der Waals surface area contributed by atoms with Crippen LogP contribution in [0.5, 0.6) is 0 Å². The van der Waals surface area contributed by atoms with E-state index >= 15 is 0 Å². The van der Waals surface area contributed by atoms with Crippen LogP contribution in [0.3, 0.4) is 0 Å². The standard InChI is InChI=1S/C12H12N2O2S/c15-12(14-5-7-16-8-6-14)11-13-9-3-1-2-4-10(9)17-11/h1-4H,5-8H2. The summed E-state index contributed by atoms with van der Waals surface area (Å²) < 4.78 is 6.29. The van der Waals surface area contributed by atoms with Crippen LogP contribution < -0.4 is 0 Å². The molecule has 1 fully saturated rings. The van der Waals surface area contributed by atoms with Gasteiger partial charge in [0.1, 0.15) is 0 Å². The molecule has 0 radical (unpaired) electrons. The third kappa shape index (κ3) is 2.03. The zero-order valence-corrected chi connectivity index (χ0v) is 10.1. The molecule has 1 amide bonds. The number of para-hydroxylation sites is 1. The van der Waals surface area contributed by atoms with Crippen LogP contribution in [0.25, 0.3) is 10.2 Å². The number of rotatable bonds is 1. The number of amides is 1. The van der Waals surface area contributed by atoms with E-state index < -0.39 is 0 Å². The smallest absolute Gasteiger partial charge is 0.283 e. The maximum Gasteiger partial charge on any atom is 0.283 e. The maximum atomic E-state index is 12.2. The molecule has 1 aromatic heterocycles. The number of nitrogens with zero attached hydrogens (tertiary/aromatic N) is 2. The van der Waals surface area contributed by atoms with E-state index in [4.69, 9.17) is 4.74 Å². The fourth-order valence-corrected chi connectivity index (χ4v) is 2.80. The Morgan fingerprint density at radius 1 is 1.29 bits per heavy atom. The van der Waals surface area contributed by atoms with E-state index in [1.54, 1.807) is 4.90 Å². The van der Waals surface area contributed by atoms with E-state index in [1.165, 1.54) is 11.3 Å². The fraction of sp³-hybridized carbons (Fsp3) is 0.333. The van der Waals surface area contributed by atoms with E-state index in [9.17, 15) is 4.79 Å². The average molecular weight is 248 g/mol. The van der Waals surface area contributed by atoms with Crippen LogP contribution in [-0.2, 0) is 4.74 Å². The largest absolute Gasteiger partial charge is 0.378 e. The number of benzene rings is 1. The third-order valence-electron chi connectivity index (χ3n) is 2.78. The molecule has 0 spiro atoms. The minimum atomic E-state index is 0.0227. The second kappa shape index (κ2) is 4.43. The Labute approximate surface area is 103 Å². The van der Waals surface area contributed by atoms with Gasteiger partial charge in [0.05, 0.1) is 23.4 Å². The van der Waals surface area contributed by atoms with E-state index in [2.05, 4.69) is 4.98 Å². The van der Waals surface area contributed by atoms with Gasteiger partial charge in [0.2, 0.25) is 0 Å². The second-order valence-corrected chi connectivity index (χ2v) is 4.92. The first-order chi connectivity index (χ1) is 8.34. The summed E-state index contributed by atoms with van der Waals surface area (Å²) in [6.07, 6.45) is 0. The Bertz CT molecular complexity index is 513. The summed E-state index contributed by atoms with van der Waals surface area (Å²) in [6, 6.07) is 7.82. The molecule has 5 heteroatoms. The minimum Gasteiger partial charge on any atom is -0.378 e. The van der Waals surface area contributed by atoms with E-state index in [-0.39, 0.29) is 5.91 Å². The molecule has 17 heavy (non-hydrogen) atoms. The van der Waals surface area contributed by atoms with Gasteiger partial charge in [-0.05, 0) is 12.1 Å². The van der Waals surface area contributed by atoms with Crippen LogP contribution in [0.1, 0.15) is 9.80 Å². The number of morpholine rings is 1. The van der Waals surface area contributed by atoms with Crippen molar-refractivity contribution in [2.45, 2.75) is 0 Å². The van der Waals surface area contributed by atoms with Crippen LogP contribution in [0.15, 0.2) is 24.3 Å². The number of fused-ring (bicyclic) bond motifs is 1. The molecule has 2 heterocycles. The molecule has 0 aliphatic carbocycles. The van der Waals surface area contributed by atoms with Crippen molar-refractivity contribution >= 4 is 27.5 Å². The van der Waals surface area contributed by atoms with Crippen LogP contribution in [-0.4, -0.2) is 42.1 Å². The summed E-state index contributed by atoms with van der Waals surface area (Å²) >= 11 is 1.46. The zero-order chi connectivity index (χ0) is 11.7. The summed E-state index contributed by atoms with van der Waals surface area (Å²) in [6.45, 7) is 2.57. The molecule has 3 rings (SSSR count). The molecular formula is C12H12N2O2S. The zero-order valence-electron chi connectivity index (χ0n) is 9.26. The van der Waals surface area contributed by atoms with Crippen molar-refractivity contribution in [2.24, 2.45) is 0 Å². The molecule has 4 nitrogen and oxygen atoms in total. The Morgan fingerprint density at radius 3 is 2.82 bits per heavy atom. The van der Waals surface area contributed by atoms with Gasteiger partial charge in [-0.15, -0.1) is 11.3 Å². The van der Waals surface area contributed by atoms with Crippen LogP contribution in [0, 0.1) is 0 Å². The number of hydrogen-bond donors (Lipinski definition) is 0. The summed E-state index contributed by atoms with van der Waals surface area (Å²) in [4.78, 5) is 18.4. The summed E-state index contributed by atoms with van der Waals surface area (Å²) in [7, 11) is 0. The van der Waals surface area contributed by atoms with Crippen molar-refractivity contribution in [3.05, 3.63) is 29.3 Å². The molecule has 1 aromatic carbocycles. The lowest BCUT2D eigenvalue weighted by Crippen LogP contribution is -2.40. The molecule has 88 valence electrons. The average Bonchev–Trinajstić information content (AvgIpc) is 2.82. The lowest BCUT2D eigenvalue weighted by atomic mass is 10.3. The number of carbonyl (C=O) groups excluding carboxylic acids is 1. The van der Waals surface area contributed by atoms with Crippen molar-refractivity contribution in [3.8, 4) is 0 Å². The SMILES string of the molecule is O=C(c1nc2ccccc2s1)N1CCOCC1. The summed E-state index contributed by atoms with van der Waals surface area (Å²) in [5.74, 6) is 0.0227. The number of ether oxygens (including phenoxy) is 1. The molecule has 0 saturated carbocycles. The highest BCUT2D eigenvalue weighted by Gasteiger charge is 2.21. The molecule has 0 bridgehead atoms. The molecular weight excluding hydrogens is 236 g/mol. The van der Waals surface area contributed by atoms with Gasteiger partial charge in [0.15, 0.2) is 5.01 Å². The first-order valence-electron chi connectivity index (χ1n) is 5.57. The van der Waals surface area contributed by atoms with Crippen LogP contribution in [0.2, 0.25) is 0 Å². The first kappa shape index (κ1) is 10.7. The van der Waals surface area contributed by atoms with Gasteiger partial charge in [-0.3, -0.25) is 4.79 Å². The van der Waals surface area contributed by atoms with Gasteiger partial charge in [-0.2, -0.15) is 0 Å². The highest BCUT2D eigenvalue weighted by Crippen LogP contribution is 2.22. The van der Waals surface area contributed by atoms with Crippen molar-refractivity contribution in [2.75, 3.05) is 26.3 Å². The monoisotopic (exact) mass is 248 g/mol. The van der Waals surface area contributed by atoms with Crippen LogP contribution in [0.4, 0.5) is 0 Å². The third-order valence-corrected chi connectivity index (χ3v) is 3.80. The van der Waals surface area contributed by atoms with E-state index in [0.29, 0.717) is 31.3 Å². The topological polar surface area (TPSA) is 42.4 Å². The van der Waals surface area contributed by atoms with Crippen molar-refractivity contribution < 1.29 is 9.53 Å². The van der Waals surface area contributed by atoms with Gasteiger partial charge < -0.3 is 9.64 Å². The van der Waals surface area contributed by atoms with Gasteiger partial charge >= 0.3 is 0 Å².